The zero-order valence-electron chi connectivity index (χ0n) is 10.6. The van der Waals surface area contributed by atoms with E-state index in [4.69, 9.17) is 10.5 Å². The Hall–Kier alpha value is -2.08. The number of hydrogen-bond donors (Lipinski definition) is 2. The maximum atomic E-state index is 13.5. The van der Waals surface area contributed by atoms with E-state index in [1.54, 1.807) is 24.3 Å². The Bertz CT molecular complexity index is 662. The Morgan fingerprint density at radius 1 is 1.30 bits per heavy atom. The molecule has 0 saturated heterocycles. The number of nitrogens with one attached hydrogen (secondary N) is 1. The average Bonchev–Trinajstić information content (AvgIpc) is 2.42. The average molecular weight is 339 g/mol. The normalized spacial score (nSPS) is 10.2. The number of anilines is 2. The van der Waals surface area contributed by atoms with E-state index in [2.05, 4.69) is 21.2 Å². The van der Waals surface area contributed by atoms with Crippen molar-refractivity contribution in [3.8, 4) is 5.75 Å². The molecule has 0 aliphatic carbocycles. The molecule has 0 saturated carbocycles. The lowest BCUT2D eigenvalue weighted by molar-refractivity contribution is 0.102. The van der Waals surface area contributed by atoms with E-state index in [-0.39, 0.29) is 11.7 Å². The second-order valence-corrected chi connectivity index (χ2v) is 4.89. The number of amides is 1. The van der Waals surface area contributed by atoms with Gasteiger partial charge in [-0.2, -0.15) is 0 Å². The maximum absolute atomic E-state index is 13.5. The van der Waals surface area contributed by atoms with Crippen molar-refractivity contribution in [2.45, 2.75) is 0 Å². The summed E-state index contributed by atoms with van der Waals surface area (Å²) in [5.41, 5.74) is 6.90. The van der Waals surface area contributed by atoms with Crippen LogP contribution in [-0.2, 0) is 0 Å². The Morgan fingerprint density at radius 3 is 2.65 bits per heavy atom. The second kappa shape index (κ2) is 5.92. The number of nitrogens with two attached hydrogens (primary N) is 1. The van der Waals surface area contributed by atoms with Gasteiger partial charge < -0.3 is 15.8 Å². The molecule has 3 N–H and O–H groups in total. The number of hydrogen-bond acceptors (Lipinski definition) is 3. The molecule has 0 aromatic heterocycles. The van der Waals surface area contributed by atoms with Crippen LogP contribution in [0.1, 0.15) is 10.4 Å². The smallest absolute Gasteiger partial charge is 0.255 e. The molecule has 4 nitrogen and oxygen atoms in total. The predicted octanol–water partition coefficient (Wildman–Crippen LogP) is 3.43. The molecule has 0 spiro atoms. The summed E-state index contributed by atoms with van der Waals surface area (Å²) in [5, 5.41) is 2.59. The number of nitrogen functional groups attached to an aromatic ring is 1. The minimum absolute atomic E-state index is 0.121. The molecule has 0 heterocycles. The van der Waals surface area contributed by atoms with E-state index in [0.717, 1.165) is 0 Å². The van der Waals surface area contributed by atoms with Crippen LogP contribution in [0.2, 0.25) is 0 Å². The quantitative estimate of drug-likeness (QED) is 0.842. The molecule has 0 aliphatic rings. The highest BCUT2D eigenvalue weighted by atomic mass is 79.9. The molecule has 0 aliphatic heterocycles. The first-order valence-corrected chi connectivity index (χ1v) is 6.50. The van der Waals surface area contributed by atoms with E-state index in [1.165, 1.54) is 19.2 Å². The molecule has 104 valence electrons. The minimum Gasteiger partial charge on any atom is -0.494 e. The summed E-state index contributed by atoms with van der Waals surface area (Å²) in [6.07, 6.45) is 0. The molecule has 0 bridgehead atoms. The monoisotopic (exact) mass is 338 g/mol. The van der Waals surface area contributed by atoms with Gasteiger partial charge in [0.1, 0.15) is 0 Å². The molecule has 2 aromatic rings. The van der Waals surface area contributed by atoms with Gasteiger partial charge in [0.05, 0.1) is 7.11 Å². The van der Waals surface area contributed by atoms with Crippen molar-refractivity contribution >= 4 is 33.2 Å². The van der Waals surface area contributed by atoms with E-state index in [9.17, 15) is 9.18 Å². The van der Waals surface area contributed by atoms with E-state index >= 15 is 0 Å². The topological polar surface area (TPSA) is 64.3 Å². The Morgan fingerprint density at radius 2 is 2.05 bits per heavy atom. The number of ether oxygens (including phenoxy) is 1. The predicted molar refractivity (Wildman–Crippen MR) is 79.5 cm³/mol. The number of rotatable bonds is 3. The summed E-state index contributed by atoms with van der Waals surface area (Å²) in [6, 6.07) is 9.04. The summed E-state index contributed by atoms with van der Waals surface area (Å²) < 4.78 is 19.0. The van der Waals surface area contributed by atoms with Gasteiger partial charge in [-0.05, 0) is 46.3 Å². The van der Waals surface area contributed by atoms with Gasteiger partial charge in [-0.1, -0.05) is 0 Å². The van der Waals surface area contributed by atoms with Crippen molar-refractivity contribution < 1.29 is 13.9 Å². The van der Waals surface area contributed by atoms with Crippen LogP contribution in [0, 0.1) is 5.82 Å². The molecule has 0 fully saturated rings. The van der Waals surface area contributed by atoms with Crippen LogP contribution in [0.3, 0.4) is 0 Å². The van der Waals surface area contributed by atoms with Gasteiger partial charge in [0.15, 0.2) is 11.6 Å². The lowest BCUT2D eigenvalue weighted by Gasteiger charge is -2.08. The van der Waals surface area contributed by atoms with Crippen molar-refractivity contribution in [2.24, 2.45) is 0 Å². The van der Waals surface area contributed by atoms with Crippen molar-refractivity contribution in [1.82, 2.24) is 0 Å². The highest BCUT2D eigenvalue weighted by molar-refractivity contribution is 9.10. The van der Waals surface area contributed by atoms with Crippen molar-refractivity contribution in [1.29, 1.82) is 0 Å². The van der Waals surface area contributed by atoms with Gasteiger partial charge in [0, 0.05) is 27.5 Å². The Kier molecular flexibility index (Phi) is 4.24. The van der Waals surface area contributed by atoms with Gasteiger partial charge in [-0.25, -0.2) is 4.39 Å². The summed E-state index contributed by atoms with van der Waals surface area (Å²) >= 11 is 3.25. The second-order valence-electron chi connectivity index (χ2n) is 4.04. The maximum Gasteiger partial charge on any atom is 0.255 e. The summed E-state index contributed by atoms with van der Waals surface area (Å²) in [6.45, 7) is 0. The van der Waals surface area contributed by atoms with Crippen LogP contribution >= 0.6 is 15.9 Å². The standard InChI is InChI=1S/C14H12BrFN2O2/c1-20-13-5-3-9(7-11(13)16)18-14(19)8-2-4-10(15)12(17)6-8/h2-7H,17H2,1H3,(H,18,19). The van der Waals surface area contributed by atoms with Gasteiger partial charge >= 0.3 is 0 Å². The van der Waals surface area contributed by atoms with Crippen molar-refractivity contribution in [3.63, 3.8) is 0 Å². The zero-order valence-corrected chi connectivity index (χ0v) is 12.2. The summed E-state index contributed by atoms with van der Waals surface area (Å²) in [5.74, 6) is -0.787. The fourth-order valence-corrected chi connectivity index (χ4v) is 1.88. The number of methoxy groups -OCH3 is 1. The number of benzene rings is 2. The third-order valence-corrected chi connectivity index (χ3v) is 3.39. The summed E-state index contributed by atoms with van der Waals surface area (Å²) in [4.78, 5) is 12.0. The molecule has 2 aromatic carbocycles. The third-order valence-electron chi connectivity index (χ3n) is 2.67. The van der Waals surface area contributed by atoms with Crippen molar-refractivity contribution in [2.75, 3.05) is 18.2 Å². The molecular formula is C14H12BrFN2O2. The fraction of sp³-hybridized carbons (Fsp3) is 0.0714. The molecule has 0 atom stereocenters. The van der Waals surface area contributed by atoms with Gasteiger partial charge in [0.2, 0.25) is 0 Å². The first-order chi connectivity index (χ1) is 9.51. The highest BCUT2D eigenvalue weighted by Crippen LogP contribution is 2.23. The van der Waals surface area contributed by atoms with Crippen LogP contribution < -0.4 is 15.8 Å². The van der Waals surface area contributed by atoms with Gasteiger partial charge in [0.25, 0.3) is 5.91 Å². The van der Waals surface area contributed by atoms with Crippen LogP contribution in [0.25, 0.3) is 0 Å². The molecule has 2 rings (SSSR count). The van der Waals surface area contributed by atoms with Gasteiger partial charge in [-0.15, -0.1) is 0 Å². The molecule has 6 heteroatoms. The largest absolute Gasteiger partial charge is 0.494 e. The molecule has 20 heavy (non-hydrogen) atoms. The SMILES string of the molecule is COc1ccc(NC(=O)c2ccc(Br)c(N)c2)cc1F. The van der Waals surface area contributed by atoms with Crippen LogP contribution in [0.5, 0.6) is 5.75 Å². The Balaban J connectivity index is 2.19. The lowest BCUT2D eigenvalue weighted by Crippen LogP contribution is -2.12. The fourth-order valence-electron chi connectivity index (χ4n) is 1.63. The van der Waals surface area contributed by atoms with E-state index in [1.807, 2.05) is 0 Å². The third kappa shape index (κ3) is 3.08. The number of halogens is 2. The highest BCUT2D eigenvalue weighted by Gasteiger charge is 2.10. The number of carbonyl (C=O) groups excluding carboxylic acids is 1. The first-order valence-electron chi connectivity index (χ1n) is 5.71. The van der Waals surface area contributed by atoms with Gasteiger partial charge in [-0.3, -0.25) is 4.79 Å². The number of carbonyl (C=O) groups is 1. The van der Waals surface area contributed by atoms with E-state index in [0.29, 0.717) is 21.4 Å². The summed E-state index contributed by atoms with van der Waals surface area (Å²) in [7, 11) is 1.38. The van der Waals surface area contributed by atoms with Crippen molar-refractivity contribution in [3.05, 3.63) is 52.3 Å². The van der Waals surface area contributed by atoms with Crippen LogP contribution in [0.4, 0.5) is 15.8 Å². The molecule has 1 amide bonds. The van der Waals surface area contributed by atoms with E-state index < -0.39 is 5.82 Å². The molecule has 0 unspecified atom stereocenters. The van der Waals surface area contributed by atoms with Crippen LogP contribution in [-0.4, -0.2) is 13.0 Å². The van der Waals surface area contributed by atoms with Crippen LogP contribution in [0.15, 0.2) is 40.9 Å². The minimum atomic E-state index is -0.541. The zero-order chi connectivity index (χ0) is 14.7. The Labute approximate surface area is 123 Å². The molecular weight excluding hydrogens is 327 g/mol. The molecule has 0 radical (unpaired) electrons. The lowest BCUT2D eigenvalue weighted by atomic mass is 10.2. The first kappa shape index (κ1) is 14.3.